The Morgan fingerprint density at radius 1 is 1.09 bits per heavy atom. The van der Waals surface area contributed by atoms with Crippen molar-refractivity contribution in [1.82, 2.24) is 0 Å². The molecule has 0 saturated heterocycles. The summed E-state index contributed by atoms with van der Waals surface area (Å²) in [4.78, 5) is 24.4. The molecule has 0 fully saturated rings. The highest BCUT2D eigenvalue weighted by atomic mass is 28.4. The van der Waals surface area contributed by atoms with Crippen molar-refractivity contribution in [3.63, 3.8) is 0 Å². The number of carboxylic acids is 1. The normalized spacial score (nSPS) is 20.5. The summed E-state index contributed by atoms with van der Waals surface area (Å²) in [7, 11) is -2.11. The first-order chi connectivity index (χ1) is 14.8. The summed E-state index contributed by atoms with van der Waals surface area (Å²) in [5, 5.41) is 9.63. The molecule has 5 heteroatoms. The van der Waals surface area contributed by atoms with E-state index in [4.69, 9.17) is 4.43 Å². The topological polar surface area (TPSA) is 63.6 Å². The number of Topliss-reactive ketones (excluding diaryl/α,β-unsaturated/α-hetero) is 1. The third-order valence-electron chi connectivity index (χ3n) is 7.82. The van der Waals surface area contributed by atoms with Gasteiger partial charge < -0.3 is 9.53 Å². The van der Waals surface area contributed by atoms with Gasteiger partial charge in [0.25, 0.3) is 0 Å². The molecule has 1 N–H and O–H groups in total. The van der Waals surface area contributed by atoms with Gasteiger partial charge in [-0.1, -0.05) is 90.7 Å². The number of rotatable bonds is 16. The molecule has 186 valence electrons. The van der Waals surface area contributed by atoms with Crippen molar-refractivity contribution in [3.8, 4) is 0 Å². The molecule has 1 aliphatic rings. The third kappa shape index (κ3) is 8.77. The largest absolute Gasteiger partial charge is 0.479 e. The van der Waals surface area contributed by atoms with Gasteiger partial charge >= 0.3 is 5.97 Å². The number of carboxylic acid groups (broad SMARTS) is 1. The zero-order valence-corrected chi connectivity index (χ0v) is 23.0. The van der Waals surface area contributed by atoms with Crippen molar-refractivity contribution in [2.24, 2.45) is 5.41 Å². The minimum Gasteiger partial charge on any atom is -0.479 e. The third-order valence-corrected chi connectivity index (χ3v) is 12.3. The molecule has 1 aliphatic carbocycles. The Balaban J connectivity index is 2.45. The number of hydrogen-bond donors (Lipinski definition) is 1. The minimum atomic E-state index is -2.11. The van der Waals surface area contributed by atoms with E-state index < -0.39 is 20.4 Å². The van der Waals surface area contributed by atoms with Crippen LogP contribution in [0.3, 0.4) is 0 Å². The lowest BCUT2D eigenvalue weighted by Gasteiger charge is -2.38. The summed E-state index contributed by atoms with van der Waals surface area (Å²) < 4.78 is 6.15. The summed E-state index contributed by atoms with van der Waals surface area (Å²) in [6, 6.07) is 0. The van der Waals surface area contributed by atoms with E-state index in [1.807, 2.05) is 0 Å². The Hall–Kier alpha value is -0.943. The molecule has 1 rings (SSSR count). The fraction of sp³-hybridized carbons (Fsp3) is 0.852. The van der Waals surface area contributed by atoms with Crippen LogP contribution in [0.1, 0.15) is 118 Å². The van der Waals surface area contributed by atoms with Gasteiger partial charge in [-0.05, 0) is 50.7 Å². The highest BCUT2D eigenvalue weighted by molar-refractivity contribution is 6.74. The molecule has 0 amide bonds. The summed E-state index contributed by atoms with van der Waals surface area (Å²) in [6.45, 7) is 15.0. The second-order valence-electron chi connectivity index (χ2n) is 11.5. The van der Waals surface area contributed by atoms with Crippen LogP contribution in [0.4, 0.5) is 0 Å². The van der Waals surface area contributed by atoms with E-state index in [1.54, 1.807) is 0 Å². The first-order valence-electron chi connectivity index (χ1n) is 13.0. The van der Waals surface area contributed by atoms with Crippen LogP contribution in [0.25, 0.3) is 0 Å². The van der Waals surface area contributed by atoms with Crippen LogP contribution in [0.2, 0.25) is 18.1 Å². The number of aliphatic carboxylic acids is 1. The molecule has 4 nitrogen and oxygen atoms in total. The molecule has 32 heavy (non-hydrogen) atoms. The maximum absolute atomic E-state index is 12.6. The monoisotopic (exact) mass is 466 g/mol. The van der Waals surface area contributed by atoms with E-state index in [9.17, 15) is 14.7 Å². The summed E-state index contributed by atoms with van der Waals surface area (Å²) >= 11 is 0. The van der Waals surface area contributed by atoms with Crippen LogP contribution in [0.15, 0.2) is 11.6 Å². The predicted octanol–water partition coefficient (Wildman–Crippen LogP) is 8.07. The lowest BCUT2D eigenvalue weighted by atomic mass is 9.76. The molecule has 0 aromatic heterocycles. The number of carbonyl (C=O) groups excluding carboxylic acids is 1. The zero-order valence-electron chi connectivity index (χ0n) is 22.0. The Kier molecular flexibility index (Phi) is 11.9. The van der Waals surface area contributed by atoms with E-state index in [0.29, 0.717) is 18.6 Å². The quantitative estimate of drug-likeness (QED) is 0.142. The molecule has 0 spiro atoms. The van der Waals surface area contributed by atoms with E-state index in [1.165, 1.54) is 44.1 Å². The van der Waals surface area contributed by atoms with Crippen molar-refractivity contribution >= 4 is 20.1 Å². The van der Waals surface area contributed by atoms with Crippen molar-refractivity contribution < 1.29 is 19.1 Å². The highest BCUT2D eigenvalue weighted by Crippen LogP contribution is 2.43. The van der Waals surface area contributed by atoms with E-state index in [2.05, 4.69) is 53.8 Å². The summed E-state index contributed by atoms with van der Waals surface area (Å²) in [5.41, 5.74) is 1.05. The number of unbranched alkanes of at least 4 members (excludes halogenated alkanes) is 7. The lowest BCUT2D eigenvalue weighted by molar-refractivity contribution is -0.146. The maximum atomic E-state index is 12.6. The second kappa shape index (κ2) is 13.1. The maximum Gasteiger partial charge on any atom is 0.331 e. The van der Waals surface area contributed by atoms with Crippen molar-refractivity contribution in [2.75, 3.05) is 0 Å². The van der Waals surface area contributed by atoms with Gasteiger partial charge in [-0.3, -0.25) is 4.79 Å². The van der Waals surface area contributed by atoms with E-state index in [0.717, 1.165) is 32.1 Å². The highest BCUT2D eigenvalue weighted by Gasteiger charge is 2.41. The fourth-order valence-corrected chi connectivity index (χ4v) is 5.65. The van der Waals surface area contributed by atoms with Gasteiger partial charge in [-0.2, -0.15) is 0 Å². The molecular weight excluding hydrogens is 416 g/mol. The van der Waals surface area contributed by atoms with Crippen LogP contribution < -0.4 is 0 Å². The number of hydrogen-bond acceptors (Lipinski definition) is 3. The molecule has 0 heterocycles. The van der Waals surface area contributed by atoms with E-state index in [-0.39, 0.29) is 10.5 Å². The van der Waals surface area contributed by atoms with Gasteiger partial charge in [0, 0.05) is 11.8 Å². The predicted molar refractivity (Wildman–Crippen MR) is 137 cm³/mol. The van der Waals surface area contributed by atoms with Crippen molar-refractivity contribution in [2.45, 2.75) is 142 Å². The number of allylic oxidation sites excluding steroid dienone is 2. The molecular formula is C27H50O4Si. The summed E-state index contributed by atoms with van der Waals surface area (Å²) in [5.74, 6) is -0.486. The Bertz CT molecular complexity index is 632. The molecule has 0 saturated carbocycles. The molecule has 1 unspecified atom stereocenters. The smallest absolute Gasteiger partial charge is 0.331 e. The minimum absolute atomic E-state index is 0.00311. The molecule has 2 atom stereocenters. The van der Waals surface area contributed by atoms with Crippen LogP contribution in [0.5, 0.6) is 0 Å². The van der Waals surface area contributed by atoms with Gasteiger partial charge in [-0.25, -0.2) is 4.79 Å². The SMILES string of the molecule is CCCCCCCCC1=CCC(=O)[C@]1(C)CCCCCC(O[Si](C)(C)C(C)(C)C)C(=O)O. The molecule has 0 radical (unpaired) electrons. The van der Waals surface area contributed by atoms with Crippen LogP contribution >= 0.6 is 0 Å². The first-order valence-corrected chi connectivity index (χ1v) is 15.9. The Morgan fingerprint density at radius 3 is 2.28 bits per heavy atom. The number of carbonyl (C=O) groups is 2. The first kappa shape index (κ1) is 29.1. The molecule has 0 bridgehead atoms. The lowest BCUT2D eigenvalue weighted by Crippen LogP contribution is -2.46. The van der Waals surface area contributed by atoms with Crippen LogP contribution in [-0.2, 0) is 14.0 Å². The van der Waals surface area contributed by atoms with Crippen molar-refractivity contribution in [3.05, 3.63) is 11.6 Å². The molecule has 0 aliphatic heterocycles. The fourth-order valence-electron chi connectivity index (χ4n) is 4.37. The van der Waals surface area contributed by atoms with Gasteiger partial charge in [-0.15, -0.1) is 0 Å². The van der Waals surface area contributed by atoms with Crippen molar-refractivity contribution in [1.29, 1.82) is 0 Å². The number of ketones is 1. The zero-order chi connectivity index (χ0) is 24.4. The second-order valence-corrected chi connectivity index (χ2v) is 16.3. The van der Waals surface area contributed by atoms with Crippen LogP contribution in [0, 0.1) is 5.41 Å². The van der Waals surface area contributed by atoms with Gasteiger partial charge in [0.15, 0.2) is 8.32 Å². The van der Waals surface area contributed by atoms with Gasteiger partial charge in [0.05, 0.1) is 0 Å². The van der Waals surface area contributed by atoms with Gasteiger partial charge in [0.2, 0.25) is 0 Å². The summed E-state index contributed by atoms with van der Waals surface area (Å²) in [6.07, 6.45) is 14.9. The Labute approximate surface area is 198 Å². The van der Waals surface area contributed by atoms with E-state index >= 15 is 0 Å². The average Bonchev–Trinajstić information content (AvgIpc) is 2.96. The van der Waals surface area contributed by atoms with Crippen LogP contribution in [-0.4, -0.2) is 31.3 Å². The van der Waals surface area contributed by atoms with Gasteiger partial charge in [0.1, 0.15) is 11.9 Å². The standard InChI is InChI=1S/C27H50O4Si/c1-8-9-10-11-12-14-17-22-19-20-24(28)27(22,5)21-16-13-15-18-23(25(29)30)31-32(6,7)26(2,3)4/h19,23H,8-18,20-21H2,1-7H3,(H,29,30)/t23?,27-/m1/s1. The average molecular weight is 467 g/mol. The molecule has 0 aromatic carbocycles. The Morgan fingerprint density at radius 2 is 1.69 bits per heavy atom. The molecule has 0 aromatic rings.